The summed E-state index contributed by atoms with van der Waals surface area (Å²) in [5, 5.41) is 12.9. The van der Waals surface area contributed by atoms with E-state index in [4.69, 9.17) is 20.5 Å². The van der Waals surface area contributed by atoms with E-state index >= 15 is 0 Å². The number of halogens is 1. The summed E-state index contributed by atoms with van der Waals surface area (Å²) in [6.07, 6.45) is 5.37. The summed E-state index contributed by atoms with van der Waals surface area (Å²) in [5.74, 6) is 2.09. The number of carbonyl (C=O) groups excluding carboxylic acids is 1. The molecule has 1 aliphatic carbocycles. The lowest BCUT2D eigenvalue weighted by molar-refractivity contribution is -0.127. The van der Waals surface area contributed by atoms with Crippen molar-refractivity contribution in [2.24, 2.45) is 0 Å². The molecule has 3 aromatic heterocycles. The Hall–Kier alpha value is -3.65. The van der Waals surface area contributed by atoms with Gasteiger partial charge < -0.3 is 13.8 Å². The molecule has 0 spiro atoms. The Morgan fingerprint density at radius 2 is 2.00 bits per heavy atom. The molecule has 0 N–H and O–H groups in total. The fraction of sp³-hybridized carbons (Fsp3) is 0.280. The molecule has 8 nitrogen and oxygen atoms in total. The highest BCUT2D eigenvalue weighted by Gasteiger charge is 2.33. The van der Waals surface area contributed by atoms with E-state index in [0.29, 0.717) is 22.4 Å². The van der Waals surface area contributed by atoms with Crippen LogP contribution in [-0.4, -0.2) is 36.8 Å². The molecule has 1 saturated carbocycles. The van der Waals surface area contributed by atoms with Gasteiger partial charge in [0.1, 0.15) is 5.76 Å². The molecule has 1 aliphatic rings. The van der Waals surface area contributed by atoms with Crippen molar-refractivity contribution in [1.82, 2.24) is 24.8 Å². The van der Waals surface area contributed by atoms with E-state index in [1.165, 1.54) is 0 Å². The van der Waals surface area contributed by atoms with Crippen molar-refractivity contribution in [3.8, 4) is 17.3 Å². The second kappa shape index (κ2) is 8.95. The number of hydrogen-bond acceptors (Lipinski definition) is 6. The third-order valence-corrected chi connectivity index (χ3v) is 6.20. The van der Waals surface area contributed by atoms with E-state index in [-0.39, 0.29) is 18.5 Å². The summed E-state index contributed by atoms with van der Waals surface area (Å²) < 4.78 is 13.0. The Kier molecular flexibility index (Phi) is 5.83. The monoisotopic (exact) mass is 477 g/mol. The van der Waals surface area contributed by atoms with Crippen molar-refractivity contribution in [3.63, 3.8) is 0 Å². The zero-order chi connectivity index (χ0) is 23.8. The first-order valence-electron chi connectivity index (χ1n) is 11.1. The molecule has 1 fully saturated rings. The third kappa shape index (κ3) is 4.41. The molecule has 174 valence electrons. The molecule has 3 heterocycles. The van der Waals surface area contributed by atoms with Crippen molar-refractivity contribution < 1.29 is 13.7 Å². The minimum absolute atomic E-state index is 0.0953. The number of carbonyl (C=O) groups is 1. The van der Waals surface area contributed by atoms with Gasteiger partial charge in [0.25, 0.3) is 0 Å². The fourth-order valence-corrected chi connectivity index (χ4v) is 4.22. The first-order chi connectivity index (χ1) is 16.4. The van der Waals surface area contributed by atoms with Gasteiger partial charge >= 0.3 is 0 Å². The van der Waals surface area contributed by atoms with Crippen LogP contribution in [0.5, 0.6) is 0 Å². The average Bonchev–Trinajstić information content (AvgIpc) is 3.28. The Morgan fingerprint density at radius 1 is 1.21 bits per heavy atom. The van der Waals surface area contributed by atoms with Crippen LogP contribution in [-0.2, 0) is 11.3 Å². The van der Waals surface area contributed by atoms with Gasteiger partial charge in [-0.2, -0.15) is 0 Å². The smallest absolute Gasteiger partial charge is 0.249 e. The Bertz CT molecular complexity index is 1380. The molecule has 0 saturated heterocycles. The molecule has 1 amide bonds. The Labute approximate surface area is 201 Å². The van der Waals surface area contributed by atoms with Gasteiger partial charge in [0.05, 0.1) is 17.1 Å². The summed E-state index contributed by atoms with van der Waals surface area (Å²) in [6, 6.07) is 11.4. The lowest BCUT2D eigenvalue weighted by Crippen LogP contribution is -2.31. The maximum absolute atomic E-state index is 13.1. The van der Waals surface area contributed by atoms with Crippen LogP contribution in [0.3, 0.4) is 0 Å². The Morgan fingerprint density at radius 3 is 2.71 bits per heavy atom. The van der Waals surface area contributed by atoms with Gasteiger partial charge in [0.15, 0.2) is 5.82 Å². The maximum atomic E-state index is 13.1. The molecule has 4 aromatic rings. The zero-order valence-electron chi connectivity index (χ0n) is 19.2. The molecule has 9 heteroatoms. The molecule has 0 bridgehead atoms. The minimum atomic E-state index is -0.0953. The molecule has 1 aromatic carbocycles. The summed E-state index contributed by atoms with van der Waals surface area (Å²) >= 11 is 6.24. The van der Waals surface area contributed by atoms with Crippen LogP contribution in [0.1, 0.15) is 41.4 Å². The zero-order valence-corrected chi connectivity index (χ0v) is 19.9. The van der Waals surface area contributed by atoms with Crippen molar-refractivity contribution in [2.45, 2.75) is 46.2 Å². The number of nitrogens with zero attached hydrogens (tertiary/aromatic N) is 5. The van der Waals surface area contributed by atoms with Crippen molar-refractivity contribution in [3.05, 3.63) is 76.1 Å². The first kappa shape index (κ1) is 22.2. The lowest BCUT2D eigenvalue weighted by atomic mass is 10.2. The molecule has 34 heavy (non-hydrogen) atoms. The Balaban J connectivity index is 1.33. The highest BCUT2D eigenvalue weighted by atomic mass is 35.5. The van der Waals surface area contributed by atoms with Crippen molar-refractivity contribution >= 4 is 23.6 Å². The highest BCUT2D eigenvalue weighted by Crippen LogP contribution is 2.31. The number of hydrogen-bond donors (Lipinski definition) is 0. The van der Waals surface area contributed by atoms with E-state index in [1.54, 1.807) is 17.0 Å². The van der Waals surface area contributed by atoms with E-state index in [9.17, 15) is 4.79 Å². The van der Waals surface area contributed by atoms with E-state index in [1.807, 2.05) is 61.7 Å². The van der Waals surface area contributed by atoms with Crippen LogP contribution in [0.25, 0.3) is 23.3 Å². The molecule has 0 aliphatic heterocycles. The average molecular weight is 478 g/mol. The highest BCUT2D eigenvalue weighted by molar-refractivity contribution is 6.33. The van der Waals surface area contributed by atoms with E-state index in [2.05, 4.69) is 15.4 Å². The molecule has 5 rings (SSSR count). The molecule has 0 radical (unpaired) electrons. The van der Waals surface area contributed by atoms with Gasteiger partial charge in [-0.1, -0.05) is 28.9 Å². The SMILES string of the molecule is Cc1cc(-n2c(C)cc(C=CC(=O)N(Cc3nnc(-c4ccccc4Cl)o3)C3CC3)c2C)no1. The number of amides is 1. The minimum Gasteiger partial charge on any atom is -0.419 e. The van der Waals surface area contributed by atoms with Crippen LogP contribution < -0.4 is 0 Å². The third-order valence-electron chi connectivity index (χ3n) is 5.87. The van der Waals surface area contributed by atoms with Crippen LogP contribution in [0, 0.1) is 20.8 Å². The quantitative estimate of drug-likeness (QED) is 0.335. The largest absolute Gasteiger partial charge is 0.419 e. The number of benzene rings is 1. The van der Waals surface area contributed by atoms with Gasteiger partial charge in [-0.05, 0) is 63.5 Å². The number of aromatic nitrogens is 4. The predicted octanol–water partition coefficient (Wildman–Crippen LogP) is 5.30. The van der Waals surface area contributed by atoms with Gasteiger partial charge in [-0.25, -0.2) is 0 Å². The van der Waals surface area contributed by atoms with E-state index < -0.39 is 0 Å². The molecular weight excluding hydrogens is 454 g/mol. The summed E-state index contributed by atoms with van der Waals surface area (Å²) in [4.78, 5) is 14.9. The predicted molar refractivity (Wildman–Crippen MR) is 127 cm³/mol. The molecule has 0 atom stereocenters. The van der Waals surface area contributed by atoms with Crippen molar-refractivity contribution in [2.75, 3.05) is 0 Å². The van der Waals surface area contributed by atoms with E-state index in [0.717, 1.165) is 41.4 Å². The van der Waals surface area contributed by atoms with Crippen LogP contribution >= 0.6 is 11.6 Å². The topological polar surface area (TPSA) is 90.2 Å². The lowest BCUT2D eigenvalue weighted by Gasteiger charge is -2.18. The van der Waals surface area contributed by atoms with Crippen LogP contribution in [0.4, 0.5) is 0 Å². The number of aryl methyl sites for hydroxylation is 2. The number of rotatable bonds is 7. The second-order valence-corrected chi connectivity index (χ2v) is 8.88. The van der Waals surface area contributed by atoms with Crippen LogP contribution in [0.15, 0.2) is 51.4 Å². The molecule has 0 unspecified atom stereocenters. The maximum Gasteiger partial charge on any atom is 0.249 e. The van der Waals surface area contributed by atoms with Crippen molar-refractivity contribution in [1.29, 1.82) is 0 Å². The normalized spacial score (nSPS) is 13.6. The van der Waals surface area contributed by atoms with Gasteiger partial charge in [0, 0.05) is 29.6 Å². The second-order valence-electron chi connectivity index (χ2n) is 8.47. The summed E-state index contributed by atoms with van der Waals surface area (Å²) in [5.41, 5.74) is 3.61. The van der Waals surface area contributed by atoms with Gasteiger partial charge in [-0.15, -0.1) is 10.2 Å². The van der Waals surface area contributed by atoms with Gasteiger partial charge in [0.2, 0.25) is 17.7 Å². The van der Waals surface area contributed by atoms with Gasteiger partial charge in [-0.3, -0.25) is 9.36 Å². The summed E-state index contributed by atoms with van der Waals surface area (Å²) in [7, 11) is 0. The fourth-order valence-electron chi connectivity index (χ4n) is 4.00. The first-order valence-corrected chi connectivity index (χ1v) is 11.5. The molecular formula is C25H24ClN5O3. The standard InChI is InChI=1S/C25H24ClN5O3/c1-15-12-18(17(3)31(15)22-13-16(2)34-29-22)8-11-24(32)30(19-9-10-19)14-23-27-28-25(33-23)20-6-4-5-7-21(20)26/h4-8,11-13,19H,9-10,14H2,1-3H3. The summed E-state index contributed by atoms with van der Waals surface area (Å²) in [6.45, 7) is 6.10. The van der Waals surface area contributed by atoms with Crippen LogP contribution in [0.2, 0.25) is 5.02 Å².